The Morgan fingerprint density at radius 1 is 1.16 bits per heavy atom. The molecule has 8 heteroatoms. The van der Waals surface area contributed by atoms with Gasteiger partial charge in [-0.2, -0.15) is 0 Å². The summed E-state index contributed by atoms with van der Waals surface area (Å²) >= 11 is 0. The first-order valence-corrected chi connectivity index (χ1v) is 13.2. The van der Waals surface area contributed by atoms with Crippen molar-refractivity contribution in [2.45, 2.75) is 51.9 Å². The second-order valence-electron chi connectivity index (χ2n) is 10.0. The summed E-state index contributed by atoms with van der Waals surface area (Å²) in [5, 5.41) is 3.25. The van der Waals surface area contributed by atoms with Gasteiger partial charge < -0.3 is 5.32 Å². The topological polar surface area (TPSA) is 92.6 Å². The SMILES string of the molecule is CCS(=O)(=O)NCCc1cn2c(C(=O)NCC34CC5CC(CC(C5)C3)C4)cccc2n1. The Bertz CT molecular complexity index is 1060. The van der Waals surface area contributed by atoms with Gasteiger partial charge in [0, 0.05) is 25.7 Å². The number of carbonyl (C=O) groups is 1. The molecule has 2 aromatic rings. The minimum atomic E-state index is -3.22. The molecule has 2 heterocycles. The molecule has 168 valence electrons. The Kier molecular flexibility index (Phi) is 5.33. The van der Waals surface area contributed by atoms with Gasteiger partial charge in [-0.15, -0.1) is 0 Å². The fraction of sp³-hybridized carbons (Fsp3) is 0.652. The first kappa shape index (κ1) is 20.9. The van der Waals surface area contributed by atoms with Crippen molar-refractivity contribution >= 4 is 21.6 Å². The maximum absolute atomic E-state index is 13.1. The highest BCUT2D eigenvalue weighted by atomic mass is 32.2. The minimum Gasteiger partial charge on any atom is -0.350 e. The molecule has 31 heavy (non-hydrogen) atoms. The van der Waals surface area contributed by atoms with Gasteiger partial charge in [0.2, 0.25) is 10.0 Å². The van der Waals surface area contributed by atoms with E-state index in [0.717, 1.165) is 30.0 Å². The second kappa shape index (κ2) is 7.89. The van der Waals surface area contributed by atoms with Gasteiger partial charge in [-0.25, -0.2) is 18.1 Å². The first-order chi connectivity index (χ1) is 14.8. The Morgan fingerprint density at radius 2 is 1.84 bits per heavy atom. The molecule has 6 rings (SSSR count). The number of nitrogens with one attached hydrogen (secondary N) is 2. The first-order valence-electron chi connectivity index (χ1n) is 11.6. The van der Waals surface area contributed by atoms with Gasteiger partial charge in [0.1, 0.15) is 11.3 Å². The molecule has 4 aliphatic rings. The van der Waals surface area contributed by atoms with Crippen molar-refractivity contribution in [3.8, 4) is 0 Å². The van der Waals surface area contributed by atoms with Gasteiger partial charge in [0.25, 0.3) is 5.91 Å². The third-order valence-corrected chi connectivity index (χ3v) is 9.05. The molecule has 0 unspecified atom stereocenters. The van der Waals surface area contributed by atoms with E-state index in [1.54, 1.807) is 6.92 Å². The zero-order valence-corrected chi connectivity index (χ0v) is 19.0. The van der Waals surface area contributed by atoms with Crippen LogP contribution in [0.1, 0.15) is 61.6 Å². The highest BCUT2D eigenvalue weighted by molar-refractivity contribution is 7.89. The number of amides is 1. The second-order valence-corrected chi connectivity index (χ2v) is 12.1. The average molecular weight is 445 g/mol. The van der Waals surface area contributed by atoms with E-state index >= 15 is 0 Å². The molecule has 0 aromatic carbocycles. The van der Waals surface area contributed by atoms with Crippen molar-refractivity contribution in [2.24, 2.45) is 23.2 Å². The van der Waals surface area contributed by atoms with E-state index < -0.39 is 10.0 Å². The Balaban J connectivity index is 1.26. The average Bonchev–Trinajstić information content (AvgIpc) is 3.14. The summed E-state index contributed by atoms with van der Waals surface area (Å²) in [6.45, 7) is 2.68. The van der Waals surface area contributed by atoms with E-state index in [9.17, 15) is 13.2 Å². The van der Waals surface area contributed by atoms with E-state index in [4.69, 9.17) is 0 Å². The van der Waals surface area contributed by atoms with Crippen molar-refractivity contribution < 1.29 is 13.2 Å². The number of hydrogen-bond acceptors (Lipinski definition) is 4. The zero-order chi connectivity index (χ0) is 21.6. The van der Waals surface area contributed by atoms with Crippen LogP contribution < -0.4 is 10.0 Å². The smallest absolute Gasteiger partial charge is 0.268 e. The van der Waals surface area contributed by atoms with Gasteiger partial charge in [-0.3, -0.25) is 9.20 Å². The maximum Gasteiger partial charge on any atom is 0.268 e. The molecule has 0 saturated heterocycles. The van der Waals surface area contributed by atoms with Crippen LogP contribution in [0.15, 0.2) is 24.4 Å². The molecular formula is C23H32N4O3S. The molecule has 2 aromatic heterocycles. The molecule has 4 fully saturated rings. The normalized spacial score (nSPS) is 29.5. The van der Waals surface area contributed by atoms with E-state index in [1.807, 2.05) is 28.8 Å². The summed E-state index contributed by atoms with van der Waals surface area (Å²) in [6.07, 6.45) is 10.3. The summed E-state index contributed by atoms with van der Waals surface area (Å²) in [5.41, 5.74) is 2.35. The van der Waals surface area contributed by atoms with Crippen molar-refractivity contribution in [1.29, 1.82) is 0 Å². The molecule has 1 amide bonds. The van der Waals surface area contributed by atoms with Gasteiger partial charge in [-0.1, -0.05) is 6.07 Å². The third-order valence-electron chi connectivity index (χ3n) is 7.65. The molecule has 7 nitrogen and oxygen atoms in total. The van der Waals surface area contributed by atoms with E-state index in [0.29, 0.717) is 29.7 Å². The van der Waals surface area contributed by atoms with Crippen LogP contribution >= 0.6 is 0 Å². The predicted molar refractivity (Wildman–Crippen MR) is 119 cm³/mol. The highest BCUT2D eigenvalue weighted by Crippen LogP contribution is 2.59. The lowest BCUT2D eigenvalue weighted by Gasteiger charge is -2.56. The Hall–Kier alpha value is -1.93. The van der Waals surface area contributed by atoms with Crippen LogP contribution in [-0.4, -0.2) is 42.6 Å². The van der Waals surface area contributed by atoms with Crippen LogP contribution in [0, 0.1) is 23.2 Å². The van der Waals surface area contributed by atoms with Gasteiger partial charge >= 0.3 is 0 Å². The fourth-order valence-corrected chi connectivity index (χ4v) is 7.29. The van der Waals surface area contributed by atoms with Crippen molar-refractivity contribution in [3.05, 3.63) is 35.8 Å². The number of sulfonamides is 1. The molecule has 0 aliphatic heterocycles. The molecule has 4 bridgehead atoms. The Labute approximate surface area is 184 Å². The number of hydrogen-bond donors (Lipinski definition) is 2. The quantitative estimate of drug-likeness (QED) is 0.655. The van der Waals surface area contributed by atoms with Crippen LogP contribution in [0.5, 0.6) is 0 Å². The number of rotatable bonds is 8. The lowest BCUT2D eigenvalue weighted by atomic mass is 9.49. The molecular weight excluding hydrogens is 412 g/mol. The molecule has 2 N–H and O–H groups in total. The summed E-state index contributed by atoms with van der Waals surface area (Å²) in [7, 11) is -3.22. The monoisotopic (exact) mass is 444 g/mol. The van der Waals surface area contributed by atoms with Gasteiger partial charge in [0.05, 0.1) is 11.4 Å². The number of nitrogens with zero attached hydrogens (tertiary/aromatic N) is 2. The summed E-state index contributed by atoms with van der Waals surface area (Å²) in [6, 6.07) is 5.55. The van der Waals surface area contributed by atoms with E-state index in [1.165, 1.54) is 38.5 Å². The lowest BCUT2D eigenvalue weighted by molar-refractivity contribution is -0.0503. The largest absolute Gasteiger partial charge is 0.350 e. The molecule has 0 spiro atoms. The zero-order valence-electron chi connectivity index (χ0n) is 18.1. The van der Waals surface area contributed by atoms with Crippen molar-refractivity contribution in [3.63, 3.8) is 0 Å². The van der Waals surface area contributed by atoms with E-state index in [2.05, 4.69) is 15.0 Å². The molecule has 4 saturated carbocycles. The van der Waals surface area contributed by atoms with E-state index in [-0.39, 0.29) is 11.7 Å². The number of aromatic nitrogens is 2. The van der Waals surface area contributed by atoms with Crippen LogP contribution in [0.4, 0.5) is 0 Å². The summed E-state index contributed by atoms with van der Waals surface area (Å²) in [4.78, 5) is 17.7. The van der Waals surface area contributed by atoms with Crippen LogP contribution in [0.25, 0.3) is 5.65 Å². The van der Waals surface area contributed by atoms with Gasteiger partial charge in [-0.05, 0) is 80.8 Å². The molecule has 0 radical (unpaired) electrons. The lowest BCUT2D eigenvalue weighted by Crippen LogP contribution is -2.51. The standard InChI is InChI=1S/C23H32N4O3S/c1-2-31(29,30)25-7-6-19-14-27-20(4-3-5-21(27)26-19)22(28)24-15-23-11-16-8-17(12-23)10-18(9-16)13-23/h3-5,14,16-18,25H,2,6-13,15H2,1H3,(H,24,28). The molecule has 0 atom stereocenters. The third kappa shape index (κ3) is 4.24. The number of pyridine rings is 1. The number of carbonyl (C=O) groups excluding carboxylic acids is 1. The summed E-state index contributed by atoms with van der Waals surface area (Å²) in [5.74, 6) is 2.61. The van der Waals surface area contributed by atoms with Gasteiger partial charge in [0.15, 0.2) is 0 Å². The fourth-order valence-electron chi connectivity index (χ4n) is 6.67. The predicted octanol–water partition coefficient (Wildman–Crippen LogP) is 2.76. The van der Waals surface area contributed by atoms with Crippen molar-refractivity contribution in [2.75, 3.05) is 18.8 Å². The maximum atomic E-state index is 13.1. The number of fused-ring (bicyclic) bond motifs is 1. The van der Waals surface area contributed by atoms with Crippen LogP contribution in [0.2, 0.25) is 0 Å². The van der Waals surface area contributed by atoms with Crippen molar-refractivity contribution in [1.82, 2.24) is 19.4 Å². The highest BCUT2D eigenvalue weighted by Gasteiger charge is 2.50. The number of imidazole rings is 1. The Morgan fingerprint density at radius 3 is 2.48 bits per heavy atom. The van der Waals surface area contributed by atoms with Crippen LogP contribution in [-0.2, 0) is 16.4 Å². The summed E-state index contributed by atoms with van der Waals surface area (Å²) < 4.78 is 27.6. The minimum absolute atomic E-state index is 0.0584. The molecule has 4 aliphatic carbocycles. The van der Waals surface area contributed by atoms with Crippen LogP contribution in [0.3, 0.4) is 0 Å².